The van der Waals surface area contributed by atoms with Crippen molar-refractivity contribution in [3.8, 4) is 5.69 Å². The molecule has 2 aliphatic rings. The van der Waals surface area contributed by atoms with Crippen LogP contribution < -0.4 is 15.1 Å². The Bertz CT molecular complexity index is 1780. The third-order valence-electron chi connectivity index (χ3n) is 8.01. The lowest BCUT2D eigenvalue weighted by atomic mass is 9.93. The van der Waals surface area contributed by atoms with Crippen LogP contribution in [0.1, 0.15) is 36.7 Å². The van der Waals surface area contributed by atoms with Crippen LogP contribution in [0.15, 0.2) is 119 Å². The second-order valence-corrected chi connectivity index (χ2v) is 10.5. The van der Waals surface area contributed by atoms with Gasteiger partial charge in [-0.05, 0) is 74.9 Å². The molecule has 4 aromatic carbocycles. The van der Waals surface area contributed by atoms with Gasteiger partial charge in [0.05, 0.1) is 28.8 Å². The fourth-order valence-electron chi connectivity index (χ4n) is 5.98. The molecule has 1 N–H and O–H groups in total. The van der Waals surface area contributed by atoms with Gasteiger partial charge >= 0.3 is 0 Å². The van der Waals surface area contributed by atoms with E-state index >= 15 is 0 Å². The van der Waals surface area contributed by atoms with Gasteiger partial charge in [0.2, 0.25) is 0 Å². The second kappa shape index (κ2) is 10.7. The van der Waals surface area contributed by atoms with Crippen molar-refractivity contribution in [3.05, 3.63) is 126 Å². The summed E-state index contributed by atoms with van der Waals surface area (Å²) in [5.41, 5.74) is 8.26. The molecule has 1 aromatic heterocycles. The van der Waals surface area contributed by atoms with Crippen molar-refractivity contribution < 1.29 is 0 Å². The van der Waals surface area contributed by atoms with Gasteiger partial charge in [0.15, 0.2) is 17.5 Å². The van der Waals surface area contributed by atoms with Crippen LogP contribution in [-0.2, 0) is 0 Å². The molecule has 208 valence electrons. The van der Waals surface area contributed by atoms with Crippen molar-refractivity contribution in [2.75, 3.05) is 28.2 Å². The highest BCUT2D eigenvalue weighted by Gasteiger charge is 2.41. The van der Waals surface area contributed by atoms with Crippen LogP contribution in [-0.4, -0.2) is 34.5 Å². The number of nitrogens with zero attached hydrogens (tertiary/aromatic N) is 6. The summed E-state index contributed by atoms with van der Waals surface area (Å²) in [5, 5.41) is 8.64. The highest BCUT2D eigenvalue weighted by molar-refractivity contribution is 6.51. The van der Waals surface area contributed by atoms with Crippen molar-refractivity contribution in [2.24, 2.45) is 9.98 Å². The zero-order chi connectivity index (χ0) is 28.6. The Hall–Kier alpha value is -5.17. The topological polar surface area (TPSA) is 61.0 Å². The first-order valence-electron chi connectivity index (χ1n) is 14.5. The maximum absolute atomic E-state index is 5.33. The first-order chi connectivity index (χ1) is 20.7. The molecular weight excluding hydrogens is 518 g/mol. The number of aromatic nitrogens is 2. The van der Waals surface area contributed by atoms with Gasteiger partial charge in [-0.25, -0.2) is 14.7 Å². The van der Waals surface area contributed by atoms with E-state index < -0.39 is 0 Å². The minimum atomic E-state index is -0.135. The van der Waals surface area contributed by atoms with E-state index in [0.717, 1.165) is 58.7 Å². The number of nitrogens with one attached hydrogen (secondary N) is 1. The summed E-state index contributed by atoms with van der Waals surface area (Å²) >= 11 is 0. The minimum Gasteiger partial charge on any atom is -0.372 e. The van der Waals surface area contributed by atoms with E-state index in [1.54, 1.807) is 0 Å². The summed E-state index contributed by atoms with van der Waals surface area (Å²) in [4.78, 5) is 15.1. The first kappa shape index (κ1) is 25.8. The van der Waals surface area contributed by atoms with Crippen molar-refractivity contribution >= 4 is 40.2 Å². The molecule has 1 atom stereocenters. The van der Waals surface area contributed by atoms with Crippen LogP contribution in [0.2, 0.25) is 0 Å². The van der Waals surface area contributed by atoms with Gasteiger partial charge in [0.25, 0.3) is 0 Å². The van der Waals surface area contributed by atoms with Crippen LogP contribution in [0.25, 0.3) is 5.69 Å². The molecular formula is C35H33N7. The Balaban J connectivity index is 1.41. The quantitative estimate of drug-likeness (QED) is 0.234. The molecule has 42 heavy (non-hydrogen) atoms. The van der Waals surface area contributed by atoms with E-state index in [2.05, 4.69) is 121 Å². The average molecular weight is 552 g/mol. The summed E-state index contributed by atoms with van der Waals surface area (Å²) in [5.74, 6) is 2.29. The number of amidine groups is 2. The van der Waals surface area contributed by atoms with Crippen LogP contribution in [0.5, 0.6) is 0 Å². The van der Waals surface area contributed by atoms with Gasteiger partial charge in [-0.15, -0.1) is 0 Å². The highest BCUT2D eigenvalue weighted by atomic mass is 15.4. The number of aryl methyl sites for hydroxylation is 1. The third kappa shape index (κ3) is 4.34. The maximum atomic E-state index is 5.33. The van der Waals surface area contributed by atoms with Gasteiger partial charge in [0, 0.05) is 30.0 Å². The molecule has 0 fully saturated rings. The Morgan fingerprint density at radius 2 is 1.43 bits per heavy atom. The Morgan fingerprint density at radius 3 is 2.14 bits per heavy atom. The standard InChI is InChI=1S/C35H33N7/c1-4-40(5-2)27-22-20-26(21-23-27)36-33-35-38-34-31(24(3)39-42(34)28-16-10-7-11-17-28)32(25-14-8-6-9-15-25)41(35)30-19-13-12-18-29(30)37-33/h6-23,32H,4-5H2,1-3H3,(H,36,37)/t32-/m1/s1. The Morgan fingerprint density at radius 1 is 0.762 bits per heavy atom. The van der Waals surface area contributed by atoms with Crippen LogP contribution in [0.3, 0.4) is 0 Å². The fraction of sp³-hybridized carbons (Fsp3) is 0.171. The molecule has 0 saturated carbocycles. The van der Waals surface area contributed by atoms with Gasteiger partial charge in [-0.2, -0.15) is 5.10 Å². The number of para-hydroxylation sites is 3. The summed E-state index contributed by atoms with van der Waals surface area (Å²) in [6.07, 6.45) is 0. The van der Waals surface area contributed by atoms with Gasteiger partial charge in [0.1, 0.15) is 0 Å². The van der Waals surface area contributed by atoms with E-state index in [4.69, 9.17) is 15.1 Å². The fourth-order valence-corrected chi connectivity index (χ4v) is 5.98. The molecule has 0 bridgehead atoms. The van der Waals surface area contributed by atoms with E-state index in [1.807, 2.05) is 28.9 Å². The van der Waals surface area contributed by atoms with Crippen molar-refractivity contribution in [2.45, 2.75) is 26.8 Å². The largest absolute Gasteiger partial charge is 0.372 e. The number of benzene rings is 4. The number of hydrogen-bond donors (Lipinski definition) is 1. The summed E-state index contributed by atoms with van der Waals surface area (Å²) in [7, 11) is 0. The van der Waals surface area contributed by atoms with Crippen molar-refractivity contribution in [1.29, 1.82) is 0 Å². The lowest BCUT2D eigenvalue weighted by molar-refractivity contribution is 0.815. The number of rotatable bonds is 6. The minimum absolute atomic E-state index is 0.135. The molecule has 0 spiro atoms. The van der Waals surface area contributed by atoms with E-state index in [-0.39, 0.29) is 6.04 Å². The lowest BCUT2D eigenvalue weighted by Crippen LogP contribution is -2.46. The van der Waals surface area contributed by atoms with Crippen LogP contribution in [0, 0.1) is 6.92 Å². The second-order valence-electron chi connectivity index (χ2n) is 10.5. The molecule has 7 heteroatoms. The number of hydrogen-bond acceptors (Lipinski definition) is 6. The average Bonchev–Trinajstić information content (AvgIpc) is 3.38. The van der Waals surface area contributed by atoms with E-state index in [0.29, 0.717) is 5.84 Å². The number of fused-ring (bicyclic) bond motifs is 4. The summed E-state index contributed by atoms with van der Waals surface area (Å²) < 4.78 is 1.96. The number of aliphatic imine (C=N–C) groups is 2. The molecule has 7 rings (SSSR count). The highest BCUT2D eigenvalue weighted by Crippen LogP contribution is 2.48. The molecule has 0 aliphatic carbocycles. The van der Waals surface area contributed by atoms with Gasteiger partial charge < -0.3 is 15.1 Å². The zero-order valence-corrected chi connectivity index (χ0v) is 24.1. The molecule has 0 saturated heterocycles. The molecule has 0 amide bonds. The zero-order valence-electron chi connectivity index (χ0n) is 24.1. The molecule has 3 heterocycles. The summed E-state index contributed by atoms with van der Waals surface area (Å²) in [6.45, 7) is 8.37. The number of anilines is 3. The molecule has 0 unspecified atom stereocenters. The smallest absolute Gasteiger partial charge is 0.179 e. The van der Waals surface area contributed by atoms with E-state index in [1.165, 1.54) is 11.3 Å². The van der Waals surface area contributed by atoms with Gasteiger partial charge in [-0.3, -0.25) is 0 Å². The molecule has 0 radical (unpaired) electrons. The van der Waals surface area contributed by atoms with E-state index in [9.17, 15) is 0 Å². The van der Waals surface area contributed by atoms with Crippen molar-refractivity contribution in [1.82, 2.24) is 9.78 Å². The Labute approximate surface area is 246 Å². The van der Waals surface area contributed by atoms with Crippen LogP contribution >= 0.6 is 0 Å². The Kier molecular flexibility index (Phi) is 6.55. The normalized spacial score (nSPS) is 15.2. The van der Waals surface area contributed by atoms with Crippen molar-refractivity contribution in [3.63, 3.8) is 0 Å². The summed E-state index contributed by atoms with van der Waals surface area (Å²) in [6, 6.07) is 37.5. The predicted molar refractivity (Wildman–Crippen MR) is 173 cm³/mol. The first-order valence-corrected chi connectivity index (χ1v) is 14.5. The SMILES string of the molecule is CCN(CC)c1ccc(NC2=Nc3ccccc3N3C2=Nc2c(c(C)nn2-c2ccccc2)[C@H]3c2ccccc2)cc1. The lowest BCUT2D eigenvalue weighted by Gasteiger charge is -2.40. The third-order valence-corrected chi connectivity index (χ3v) is 8.01. The monoisotopic (exact) mass is 551 g/mol. The molecule has 7 nitrogen and oxygen atoms in total. The maximum Gasteiger partial charge on any atom is 0.179 e. The van der Waals surface area contributed by atoms with Gasteiger partial charge in [-0.1, -0.05) is 60.7 Å². The van der Waals surface area contributed by atoms with Crippen LogP contribution in [0.4, 0.5) is 28.6 Å². The predicted octanol–water partition coefficient (Wildman–Crippen LogP) is 7.82. The molecule has 5 aromatic rings. The molecule has 2 aliphatic heterocycles.